The highest BCUT2D eigenvalue weighted by Crippen LogP contribution is 2.51. The van der Waals surface area contributed by atoms with Crippen molar-refractivity contribution in [1.29, 1.82) is 0 Å². The number of para-hydroxylation sites is 1. The fourth-order valence-corrected chi connectivity index (χ4v) is 5.55. The molecule has 166 valence electrons. The molecule has 0 aromatic heterocycles. The summed E-state index contributed by atoms with van der Waals surface area (Å²) in [4.78, 5) is 30.3. The fourth-order valence-electron chi connectivity index (χ4n) is 4.33. The summed E-state index contributed by atoms with van der Waals surface area (Å²) in [5, 5.41) is 0.927. The minimum absolute atomic E-state index is 0.0334. The molecular weight excluding hydrogens is 434 g/mol. The predicted octanol–water partition coefficient (Wildman–Crippen LogP) is 5.61. The summed E-state index contributed by atoms with van der Waals surface area (Å²) in [5.41, 5.74) is 2.94. The standard InChI is InChI=1S/C27H23NO4S/c1-31-20-11-7-17(8-12-20)25(29)19-15-22(26(30)18-9-13-21(32-2)14-10-18)27-28(16-19)23-5-3-4-6-24(23)33-27/h3-14,19H,15-16H2,1-2H3/t19-/m0/s1. The molecule has 5 rings (SSSR count). The quantitative estimate of drug-likeness (QED) is 0.448. The molecule has 33 heavy (non-hydrogen) atoms. The van der Waals surface area contributed by atoms with Crippen LogP contribution in [0.2, 0.25) is 0 Å². The molecule has 0 spiro atoms. The third-order valence-corrected chi connectivity index (χ3v) is 7.32. The van der Waals surface area contributed by atoms with Gasteiger partial charge < -0.3 is 14.4 Å². The van der Waals surface area contributed by atoms with Gasteiger partial charge in [-0.2, -0.15) is 0 Å². The van der Waals surface area contributed by atoms with Crippen molar-refractivity contribution in [2.75, 3.05) is 25.7 Å². The van der Waals surface area contributed by atoms with E-state index in [2.05, 4.69) is 11.0 Å². The Morgan fingerprint density at radius 3 is 2.09 bits per heavy atom. The van der Waals surface area contributed by atoms with E-state index in [0.717, 1.165) is 15.6 Å². The monoisotopic (exact) mass is 457 g/mol. The second-order valence-corrected chi connectivity index (χ2v) is 9.05. The molecule has 0 saturated heterocycles. The van der Waals surface area contributed by atoms with Crippen LogP contribution in [0.3, 0.4) is 0 Å². The van der Waals surface area contributed by atoms with Gasteiger partial charge in [0.1, 0.15) is 11.5 Å². The van der Waals surface area contributed by atoms with Gasteiger partial charge in [-0.05, 0) is 67.1 Å². The highest BCUT2D eigenvalue weighted by Gasteiger charge is 2.39. The van der Waals surface area contributed by atoms with E-state index in [1.807, 2.05) is 18.2 Å². The fraction of sp³-hybridized carbons (Fsp3) is 0.185. The van der Waals surface area contributed by atoms with Gasteiger partial charge in [0.25, 0.3) is 0 Å². The molecule has 0 amide bonds. The number of benzene rings is 3. The minimum atomic E-state index is -0.328. The molecule has 2 aliphatic rings. The van der Waals surface area contributed by atoms with Crippen LogP contribution in [-0.4, -0.2) is 32.3 Å². The Labute approximate surface area is 197 Å². The van der Waals surface area contributed by atoms with E-state index < -0.39 is 0 Å². The van der Waals surface area contributed by atoms with E-state index in [0.29, 0.717) is 41.2 Å². The number of hydrogen-bond acceptors (Lipinski definition) is 6. The normalized spacial score (nSPS) is 16.8. The van der Waals surface area contributed by atoms with Crippen LogP contribution in [-0.2, 0) is 0 Å². The first-order valence-corrected chi connectivity index (χ1v) is 11.5. The van der Waals surface area contributed by atoms with Crippen LogP contribution in [0.15, 0.2) is 88.3 Å². The Hall–Kier alpha value is -3.51. The van der Waals surface area contributed by atoms with E-state index in [9.17, 15) is 9.59 Å². The van der Waals surface area contributed by atoms with E-state index in [1.165, 1.54) is 0 Å². The number of allylic oxidation sites excluding steroid dienone is 1. The SMILES string of the molecule is COc1ccc(C(=O)C2=C3Sc4ccccc4N3C[C@@H](C(=O)c3ccc(OC)cc3)C2)cc1. The van der Waals surface area contributed by atoms with Crippen LogP contribution in [0.25, 0.3) is 0 Å². The van der Waals surface area contributed by atoms with Gasteiger partial charge >= 0.3 is 0 Å². The number of carbonyl (C=O) groups is 2. The van der Waals surface area contributed by atoms with Gasteiger partial charge in [0, 0.05) is 34.1 Å². The van der Waals surface area contributed by atoms with Crippen molar-refractivity contribution < 1.29 is 19.1 Å². The maximum Gasteiger partial charge on any atom is 0.191 e. The average molecular weight is 458 g/mol. The van der Waals surface area contributed by atoms with Gasteiger partial charge in [-0.3, -0.25) is 9.59 Å². The molecule has 6 heteroatoms. The molecule has 5 nitrogen and oxygen atoms in total. The highest BCUT2D eigenvalue weighted by molar-refractivity contribution is 8.03. The van der Waals surface area contributed by atoms with Crippen LogP contribution in [0, 0.1) is 5.92 Å². The second kappa shape index (κ2) is 8.79. The largest absolute Gasteiger partial charge is 0.497 e. The second-order valence-electron chi connectivity index (χ2n) is 8.02. The molecule has 0 N–H and O–H groups in total. The number of Topliss-reactive ketones (excluding diaryl/α,β-unsaturated/α-hetero) is 2. The Morgan fingerprint density at radius 2 is 1.45 bits per heavy atom. The first-order chi connectivity index (χ1) is 16.1. The van der Waals surface area contributed by atoms with Gasteiger partial charge in [0.2, 0.25) is 0 Å². The first-order valence-electron chi connectivity index (χ1n) is 10.7. The summed E-state index contributed by atoms with van der Waals surface area (Å²) in [6.45, 7) is 0.545. The number of fused-ring (bicyclic) bond motifs is 3. The maximum atomic E-state index is 13.6. The Bertz CT molecular complexity index is 1250. The smallest absolute Gasteiger partial charge is 0.191 e. The summed E-state index contributed by atoms with van der Waals surface area (Å²) in [6.07, 6.45) is 0.405. The molecule has 3 aromatic carbocycles. The van der Waals surface area contributed by atoms with Crippen LogP contribution in [0.4, 0.5) is 5.69 Å². The van der Waals surface area contributed by atoms with Crippen molar-refractivity contribution in [2.24, 2.45) is 5.92 Å². The zero-order chi connectivity index (χ0) is 22.9. The number of ketones is 2. The van der Waals surface area contributed by atoms with Gasteiger partial charge in [0.05, 0.1) is 24.9 Å². The van der Waals surface area contributed by atoms with Gasteiger partial charge in [-0.1, -0.05) is 23.9 Å². The number of thioether (sulfide) groups is 1. The van der Waals surface area contributed by atoms with Crippen molar-refractivity contribution in [3.63, 3.8) is 0 Å². The van der Waals surface area contributed by atoms with Crippen molar-refractivity contribution in [3.05, 3.63) is 94.5 Å². The topological polar surface area (TPSA) is 55.8 Å². The molecule has 0 aliphatic carbocycles. The number of anilines is 1. The number of rotatable bonds is 6. The van der Waals surface area contributed by atoms with Crippen molar-refractivity contribution >= 4 is 29.0 Å². The Kier molecular flexibility index (Phi) is 5.68. The van der Waals surface area contributed by atoms with Crippen LogP contribution in [0.5, 0.6) is 11.5 Å². The molecule has 0 bridgehead atoms. The third-order valence-electron chi connectivity index (χ3n) is 6.09. The van der Waals surface area contributed by atoms with Gasteiger partial charge in [0.15, 0.2) is 11.6 Å². The molecule has 0 radical (unpaired) electrons. The van der Waals surface area contributed by atoms with Crippen LogP contribution >= 0.6 is 11.8 Å². The summed E-state index contributed by atoms with van der Waals surface area (Å²) in [5.74, 6) is 1.06. The number of hydrogen-bond donors (Lipinski definition) is 0. The van der Waals surface area contributed by atoms with Gasteiger partial charge in [-0.25, -0.2) is 0 Å². The van der Waals surface area contributed by atoms with E-state index in [4.69, 9.17) is 9.47 Å². The number of methoxy groups -OCH3 is 2. The number of nitrogens with zero attached hydrogens (tertiary/aromatic N) is 1. The van der Waals surface area contributed by atoms with Crippen molar-refractivity contribution in [2.45, 2.75) is 11.3 Å². The molecular formula is C27H23NO4S. The van der Waals surface area contributed by atoms with Crippen molar-refractivity contribution in [3.8, 4) is 11.5 Å². The van der Waals surface area contributed by atoms with E-state index in [1.54, 1.807) is 74.5 Å². The maximum absolute atomic E-state index is 13.6. The molecule has 0 fully saturated rings. The first kappa shape index (κ1) is 21.3. The molecule has 2 aliphatic heterocycles. The summed E-state index contributed by atoms with van der Waals surface area (Å²) in [6, 6.07) is 22.4. The predicted molar refractivity (Wildman–Crippen MR) is 129 cm³/mol. The van der Waals surface area contributed by atoms with Crippen LogP contribution < -0.4 is 14.4 Å². The zero-order valence-corrected chi connectivity index (χ0v) is 19.2. The van der Waals surface area contributed by atoms with E-state index >= 15 is 0 Å². The lowest BCUT2D eigenvalue weighted by Gasteiger charge is -2.32. The summed E-state index contributed by atoms with van der Waals surface area (Å²) >= 11 is 1.61. The number of carbonyl (C=O) groups excluding carboxylic acids is 2. The Morgan fingerprint density at radius 1 is 0.848 bits per heavy atom. The lowest BCUT2D eigenvalue weighted by molar-refractivity contribution is 0.0915. The lowest BCUT2D eigenvalue weighted by Crippen LogP contribution is -2.37. The molecule has 0 unspecified atom stereocenters. The summed E-state index contributed by atoms with van der Waals surface area (Å²) in [7, 11) is 3.20. The molecule has 3 aromatic rings. The lowest BCUT2D eigenvalue weighted by atomic mass is 9.85. The molecule has 2 heterocycles. The van der Waals surface area contributed by atoms with Crippen LogP contribution in [0.1, 0.15) is 27.1 Å². The number of ether oxygens (including phenoxy) is 2. The van der Waals surface area contributed by atoms with E-state index in [-0.39, 0.29) is 17.5 Å². The van der Waals surface area contributed by atoms with Crippen molar-refractivity contribution in [1.82, 2.24) is 0 Å². The molecule has 0 saturated carbocycles. The highest BCUT2D eigenvalue weighted by atomic mass is 32.2. The Balaban J connectivity index is 1.52. The average Bonchev–Trinajstić information content (AvgIpc) is 3.26. The third kappa shape index (κ3) is 3.91. The summed E-state index contributed by atoms with van der Waals surface area (Å²) < 4.78 is 10.5. The van der Waals surface area contributed by atoms with Gasteiger partial charge in [-0.15, -0.1) is 0 Å². The minimum Gasteiger partial charge on any atom is -0.497 e. The zero-order valence-electron chi connectivity index (χ0n) is 18.4. The molecule has 1 atom stereocenters.